The van der Waals surface area contributed by atoms with Gasteiger partial charge in [0.05, 0.1) is 11.8 Å². The van der Waals surface area contributed by atoms with Gasteiger partial charge in [-0.05, 0) is 43.2 Å². The summed E-state index contributed by atoms with van der Waals surface area (Å²) < 4.78 is 5.38. The van der Waals surface area contributed by atoms with Crippen molar-refractivity contribution in [3.8, 4) is 0 Å². The lowest BCUT2D eigenvalue weighted by Gasteiger charge is -2.07. The molecule has 0 radical (unpaired) electrons. The van der Waals surface area contributed by atoms with Gasteiger partial charge in [0.1, 0.15) is 5.76 Å². The van der Waals surface area contributed by atoms with E-state index < -0.39 is 0 Å². The molecule has 23 heavy (non-hydrogen) atoms. The van der Waals surface area contributed by atoms with Gasteiger partial charge < -0.3 is 15.1 Å². The number of furan rings is 1. The molecule has 120 valence electrons. The maximum Gasteiger partial charge on any atom is 0.254 e. The molecule has 1 aliphatic carbocycles. The van der Waals surface area contributed by atoms with E-state index in [0.717, 1.165) is 18.6 Å². The van der Waals surface area contributed by atoms with Gasteiger partial charge in [-0.3, -0.25) is 9.59 Å². The maximum atomic E-state index is 12.1. The van der Waals surface area contributed by atoms with Crippen molar-refractivity contribution in [2.45, 2.75) is 18.8 Å². The van der Waals surface area contributed by atoms with Crippen molar-refractivity contribution in [3.63, 3.8) is 0 Å². The average molecular weight is 333 g/mol. The van der Waals surface area contributed by atoms with E-state index in [-0.39, 0.29) is 11.8 Å². The van der Waals surface area contributed by atoms with Crippen molar-refractivity contribution >= 4 is 23.4 Å². The lowest BCUT2D eigenvalue weighted by Crippen LogP contribution is -2.34. The minimum Gasteiger partial charge on any atom is -0.468 e. The summed E-state index contributed by atoms with van der Waals surface area (Å²) in [7, 11) is 0. The maximum absolute atomic E-state index is 12.1. The minimum absolute atomic E-state index is 0.165. The van der Waals surface area contributed by atoms with Crippen LogP contribution in [-0.2, 0) is 0 Å². The molecule has 2 amide bonds. The van der Waals surface area contributed by atoms with E-state index in [1.165, 1.54) is 0 Å². The summed E-state index contributed by atoms with van der Waals surface area (Å²) in [6, 6.07) is 8.33. The molecule has 0 saturated heterocycles. The van der Waals surface area contributed by atoms with E-state index in [1.807, 2.05) is 0 Å². The summed E-state index contributed by atoms with van der Waals surface area (Å²) in [5.74, 6) is 0.794. The highest BCUT2D eigenvalue weighted by Gasteiger charge is 2.31. The number of carbonyl (C=O) groups excluding carboxylic acids is 2. The molecule has 1 aromatic heterocycles. The van der Waals surface area contributed by atoms with Crippen LogP contribution in [0.3, 0.4) is 0 Å². The lowest BCUT2D eigenvalue weighted by atomic mass is 10.2. The van der Waals surface area contributed by atoms with Crippen LogP contribution >= 0.6 is 11.6 Å². The van der Waals surface area contributed by atoms with Gasteiger partial charge in [0.25, 0.3) is 11.8 Å². The van der Waals surface area contributed by atoms with Crippen LogP contribution in [0.4, 0.5) is 0 Å². The fourth-order valence-corrected chi connectivity index (χ4v) is 2.45. The van der Waals surface area contributed by atoms with Crippen LogP contribution in [0.1, 0.15) is 45.2 Å². The molecule has 2 aromatic rings. The Bertz CT molecular complexity index is 705. The SMILES string of the molecule is O=C(NCCNC(=O)c1ccoc1C1CC1)c1ccc(Cl)cc1. The Labute approximate surface area is 139 Å². The fraction of sp³-hybridized carbons (Fsp3) is 0.294. The highest BCUT2D eigenvalue weighted by atomic mass is 35.5. The van der Waals surface area contributed by atoms with E-state index in [4.69, 9.17) is 16.0 Å². The van der Waals surface area contributed by atoms with Crippen molar-refractivity contribution in [1.29, 1.82) is 0 Å². The standard InChI is InChI=1S/C17H17ClN2O3/c18-13-5-3-12(4-6-13)16(21)19-8-9-20-17(22)14-7-10-23-15(14)11-1-2-11/h3-7,10-11H,1-2,8-9H2,(H,19,21)(H,20,22). The Hall–Kier alpha value is -2.27. The van der Waals surface area contributed by atoms with Gasteiger partial charge in [0, 0.05) is 29.6 Å². The van der Waals surface area contributed by atoms with Gasteiger partial charge in [0.15, 0.2) is 0 Å². The van der Waals surface area contributed by atoms with Crippen molar-refractivity contribution in [2.75, 3.05) is 13.1 Å². The van der Waals surface area contributed by atoms with Crippen LogP contribution in [0.5, 0.6) is 0 Å². The van der Waals surface area contributed by atoms with Crippen LogP contribution < -0.4 is 10.6 Å². The molecule has 2 N–H and O–H groups in total. The summed E-state index contributed by atoms with van der Waals surface area (Å²) in [6.45, 7) is 0.706. The number of benzene rings is 1. The molecular formula is C17H17ClN2O3. The second kappa shape index (κ2) is 6.87. The predicted molar refractivity (Wildman–Crippen MR) is 86.8 cm³/mol. The quantitative estimate of drug-likeness (QED) is 0.799. The number of nitrogens with one attached hydrogen (secondary N) is 2. The largest absolute Gasteiger partial charge is 0.468 e. The normalized spacial score (nSPS) is 13.6. The van der Waals surface area contributed by atoms with Gasteiger partial charge in [-0.1, -0.05) is 11.6 Å². The first kappa shape index (κ1) is 15.6. The van der Waals surface area contributed by atoms with Gasteiger partial charge in [-0.2, -0.15) is 0 Å². The molecule has 0 spiro atoms. The summed E-state index contributed by atoms with van der Waals surface area (Å²) in [5, 5.41) is 6.12. The summed E-state index contributed by atoms with van der Waals surface area (Å²) in [5.41, 5.74) is 1.13. The summed E-state index contributed by atoms with van der Waals surface area (Å²) in [6.07, 6.45) is 3.70. The molecule has 0 aliphatic heterocycles. The first-order valence-corrected chi connectivity index (χ1v) is 7.92. The van der Waals surface area contributed by atoms with Gasteiger partial charge in [-0.15, -0.1) is 0 Å². The van der Waals surface area contributed by atoms with E-state index in [1.54, 1.807) is 36.6 Å². The third-order valence-corrected chi connectivity index (χ3v) is 3.94. The van der Waals surface area contributed by atoms with Crippen molar-refractivity contribution < 1.29 is 14.0 Å². The molecule has 0 bridgehead atoms. The predicted octanol–water partition coefficient (Wildman–Crippen LogP) is 2.97. The first-order chi connectivity index (χ1) is 11.1. The smallest absolute Gasteiger partial charge is 0.254 e. The number of hydrogen-bond acceptors (Lipinski definition) is 3. The molecule has 3 rings (SSSR count). The highest BCUT2D eigenvalue weighted by molar-refractivity contribution is 6.30. The van der Waals surface area contributed by atoms with Crippen LogP contribution in [-0.4, -0.2) is 24.9 Å². The third-order valence-electron chi connectivity index (χ3n) is 3.69. The minimum atomic E-state index is -0.196. The van der Waals surface area contributed by atoms with Gasteiger partial charge in [0.2, 0.25) is 0 Å². The van der Waals surface area contributed by atoms with Crippen LogP contribution in [0.15, 0.2) is 41.0 Å². The summed E-state index contributed by atoms with van der Waals surface area (Å²) in [4.78, 5) is 24.0. The molecule has 0 unspecified atom stereocenters. The summed E-state index contributed by atoms with van der Waals surface area (Å²) >= 11 is 5.78. The molecular weight excluding hydrogens is 316 g/mol. The Morgan fingerprint density at radius 2 is 1.70 bits per heavy atom. The number of carbonyl (C=O) groups is 2. The van der Waals surface area contributed by atoms with Crippen LogP contribution in [0.25, 0.3) is 0 Å². The first-order valence-electron chi connectivity index (χ1n) is 7.54. The molecule has 5 nitrogen and oxygen atoms in total. The fourth-order valence-electron chi connectivity index (χ4n) is 2.32. The molecule has 1 heterocycles. The second-order valence-electron chi connectivity index (χ2n) is 5.49. The number of halogens is 1. The molecule has 0 atom stereocenters. The van der Waals surface area contributed by atoms with Gasteiger partial charge in [-0.25, -0.2) is 0 Å². The number of rotatable bonds is 6. The Balaban J connectivity index is 1.44. The molecule has 1 aromatic carbocycles. The Morgan fingerprint density at radius 3 is 2.35 bits per heavy atom. The lowest BCUT2D eigenvalue weighted by molar-refractivity contribution is 0.0926. The number of amides is 2. The average Bonchev–Trinajstić information content (AvgIpc) is 3.28. The topological polar surface area (TPSA) is 71.3 Å². The van der Waals surface area contributed by atoms with Crippen molar-refractivity contribution in [2.24, 2.45) is 0 Å². The van der Waals surface area contributed by atoms with Crippen LogP contribution in [0.2, 0.25) is 5.02 Å². The molecule has 1 fully saturated rings. The zero-order valence-corrected chi connectivity index (χ0v) is 13.2. The van der Waals surface area contributed by atoms with E-state index >= 15 is 0 Å². The van der Waals surface area contributed by atoms with Crippen molar-refractivity contribution in [1.82, 2.24) is 10.6 Å². The van der Waals surface area contributed by atoms with E-state index in [0.29, 0.717) is 35.2 Å². The van der Waals surface area contributed by atoms with E-state index in [2.05, 4.69) is 10.6 Å². The second-order valence-corrected chi connectivity index (χ2v) is 5.93. The van der Waals surface area contributed by atoms with Crippen LogP contribution in [0, 0.1) is 0 Å². The number of hydrogen-bond donors (Lipinski definition) is 2. The Morgan fingerprint density at radius 1 is 1.04 bits per heavy atom. The zero-order chi connectivity index (χ0) is 16.2. The zero-order valence-electron chi connectivity index (χ0n) is 12.5. The van der Waals surface area contributed by atoms with Gasteiger partial charge >= 0.3 is 0 Å². The van der Waals surface area contributed by atoms with Crippen molar-refractivity contribution in [3.05, 3.63) is 58.5 Å². The third kappa shape index (κ3) is 3.93. The molecule has 1 aliphatic rings. The van der Waals surface area contributed by atoms with E-state index in [9.17, 15) is 9.59 Å². The molecule has 6 heteroatoms. The Kier molecular flexibility index (Phi) is 4.67. The highest BCUT2D eigenvalue weighted by Crippen LogP contribution is 2.41. The molecule has 1 saturated carbocycles. The monoisotopic (exact) mass is 332 g/mol.